The van der Waals surface area contributed by atoms with Crippen LogP contribution in [-0.2, 0) is 4.79 Å². The maximum atomic E-state index is 11.2. The molecule has 0 radical (unpaired) electrons. The summed E-state index contributed by atoms with van der Waals surface area (Å²) in [7, 11) is 2.06. The van der Waals surface area contributed by atoms with Crippen LogP contribution in [-0.4, -0.2) is 86.0 Å². The summed E-state index contributed by atoms with van der Waals surface area (Å²) >= 11 is 0. The number of carbonyl (C=O) groups excluding carboxylic acids is 1. The van der Waals surface area contributed by atoms with Crippen LogP contribution in [0.15, 0.2) is 4.99 Å². The van der Waals surface area contributed by atoms with Crippen LogP contribution in [0.5, 0.6) is 0 Å². The van der Waals surface area contributed by atoms with E-state index in [2.05, 4.69) is 27.2 Å². The average Bonchev–Trinajstić information content (AvgIpc) is 2.76. The first kappa shape index (κ1) is 16.5. The van der Waals surface area contributed by atoms with Crippen LogP contribution in [0.3, 0.4) is 0 Å². The highest BCUT2D eigenvalue weighted by Gasteiger charge is 2.18. The summed E-state index contributed by atoms with van der Waals surface area (Å²) in [5.41, 5.74) is 0. The molecular weight excluding hydrogens is 357 g/mol. The third-order valence-electron chi connectivity index (χ3n) is 3.59. The van der Waals surface area contributed by atoms with Crippen molar-refractivity contribution in [2.75, 3.05) is 59.4 Å². The molecule has 0 spiro atoms. The molecular formula is C12H24IN5O. The second-order valence-electron chi connectivity index (χ2n) is 4.90. The molecule has 0 atom stereocenters. The molecule has 0 unspecified atom stereocenters. The van der Waals surface area contributed by atoms with Gasteiger partial charge in [-0.1, -0.05) is 0 Å². The van der Waals surface area contributed by atoms with Crippen molar-refractivity contribution >= 4 is 35.8 Å². The third-order valence-corrected chi connectivity index (χ3v) is 3.59. The lowest BCUT2D eigenvalue weighted by Gasteiger charge is -2.34. The van der Waals surface area contributed by atoms with E-state index in [9.17, 15) is 4.79 Å². The Balaban J connectivity index is 0.00000180. The lowest BCUT2D eigenvalue weighted by molar-refractivity contribution is -0.130. The largest absolute Gasteiger partial charge is 0.355 e. The maximum Gasteiger partial charge on any atom is 0.219 e. The molecule has 2 heterocycles. The molecule has 1 N–H and O–H groups in total. The fourth-order valence-electron chi connectivity index (χ4n) is 2.34. The van der Waals surface area contributed by atoms with Gasteiger partial charge in [0.25, 0.3) is 0 Å². The average molecular weight is 381 g/mol. The Morgan fingerprint density at radius 2 is 1.95 bits per heavy atom. The van der Waals surface area contributed by atoms with Crippen LogP contribution in [0.4, 0.5) is 0 Å². The van der Waals surface area contributed by atoms with Crippen LogP contribution < -0.4 is 5.32 Å². The first-order chi connectivity index (χ1) is 8.66. The second-order valence-corrected chi connectivity index (χ2v) is 4.90. The molecule has 2 rings (SSSR count). The molecule has 7 heteroatoms. The highest BCUT2D eigenvalue weighted by atomic mass is 127. The highest BCUT2D eigenvalue weighted by molar-refractivity contribution is 14.0. The van der Waals surface area contributed by atoms with Gasteiger partial charge < -0.3 is 15.1 Å². The molecule has 1 amide bonds. The molecule has 1 fully saturated rings. The number of amides is 1. The van der Waals surface area contributed by atoms with Crippen molar-refractivity contribution in [1.29, 1.82) is 0 Å². The van der Waals surface area contributed by atoms with E-state index in [-0.39, 0.29) is 29.9 Å². The van der Waals surface area contributed by atoms with E-state index in [4.69, 9.17) is 0 Å². The molecule has 0 aromatic heterocycles. The molecule has 0 saturated carbocycles. The first-order valence-electron chi connectivity index (χ1n) is 6.64. The van der Waals surface area contributed by atoms with E-state index in [1.54, 1.807) is 6.92 Å². The number of nitrogens with zero attached hydrogens (tertiary/aromatic N) is 4. The number of nitrogens with one attached hydrogen (secondary N) is 1. The van der Waals surface area contributed by atoms with Crippen LogP contribution in [0.1, 0.15) is 6.92 Å². The Bertz CT molecular complexity index is 328. The van der Waals surface area contributed by atoms with Crippen molar-refractivity contribution in [3.8, 4) is 0 Å². The second kappa shape index (κ2) is 7.88. The van der Waals surface area contributed by atoms with Crippen molar-refractivity contribution in [2.45, 2.75) is 6.92 Å². The highest BCUT2D eigenvalue weighted by Crippen LogP contribution is 2.01. The third kappa shape index (κ3) is 4.79. The molecule has 0 aromatic rings. The Morgan fingerprint density at radius 1 is 1.26 bits per heavy atom. The molecule has 2 aliphatic rings. The van der Waals surface area contributed by atoms with Crippen molar-refractivity contribution in [2.24, 2.45) is 4.99 Å². The first-order valence-corrected chi connectivity index (χ1v) is 6.64. The Labute approximate surface area is 132 Å². The van der Waals surface area contributed by atoms with Crippen molar-refractivity contribution in [3.05, 3.63) is 0 Å². The fourth-order valence-corrected chi connectivity index (χ4v) is 2.34. The zero-order valence-corrected chi connectivity index (χ0v) is 14.1. The molecule has 0 aromatic carbocycles. The van der Waals surface area contributed by atoms with E-state index in [0.717, 1.165) is 58.3 Å². The molecule has 6 nitrogen and oxygen atoms in total. The summed E-state index contributed by atoms with van der Waals surface area (Å²) in [4.78, 5) is 22.1. The maximum absolute atomic E-state index is 11.2. The smallest absolute Gasteiger partial charge is 0.219 e. The van der Waals surface area contributed by atoms with Crippen molar-refractivity contribution < 1.29 is 4.79 Å². The van der Waals surface area contributed by atoms with Gasteiger partial charge in [-0.2, -0.15) is 0 Å². The number of likely N-dealkylation sites (N-methyl/N-ethyl adjacent to an activating group) is 1. The van der Waals surface area contributed by atoms with Crippen molar-refractivity contribution in [3.63, 3.8) is 0 Å². The van der Waals surface area contributed by atoms with Gasteiger partial charge in [-0.3, -0.25) is 14.7 Å². The van der Waals surface area contributed by atoms with Crippen LogP contribution in [0.25, 0.3) is 0 Å². The van der Waals surface area contributed by atoms with Gasteiger partial charge in [-0.15, -0.1) is 24.0 Å². The summed E-state index contributed by atoms with van der Waals surface area (Å²) in [5.74, 6) is 1.20. The standard InChI is InChI=1S/C12H23N5O.HI/c1-11(18)17-9-7-16(8-10-17)6-4-14-12-13-3-5-15(12)2;/h3-10H2,1-2H3,(H,13,14);1H. The van der Waals surface area contributed by atoms with Gasteiger partial charge >= 0.3 is 0 Å². The van der Waals surface area contributed by atoms with E-state index >= 15 is 0 Å². The van der Waals surface area contributed by atoms with Gasteiger partial charge in [-0.05, 0) is 0 Å². The normalized spacial score (nSPS) is 20.0. The number of hydrogen-bond donors (Lipinski definition) is 1. The summed E-state index contributed by atoms with van der Waals surface area (Å²) in [5, 5.41) is 3.37. The topological polar surface area (TPSA) is 51.2 Å². The van der Waals surface area contributed by atoms with E-state index in [0.29, 0.717) is 0 Å². The Kier molecular flexibility index (Phi) is 6.84. The lowest BCUT2D eigenvalue weighted by Crippen LogP contribution is -2.50. The quantitative estimate of drug-likeness (QED) is 0.680. The number of guanidine groups is 1. The number of halogens is 1. The predicted molar refractivity (Wildman–Crippen MR) is 87.0 cm³/mol. The van der Waals surface area contributed by atoms with E-state index in [1.807, 2.05) is 4.90 Å². The number of rotatable bonds is 3. The number of aliphatic imine (C=N–C) groups is 1. The fraction of sp³-hybridized carbons (Fsp3) is 0.833. The minimum atomic E-state index is 0. The molecule has 0 aliphatic carbocycles. The molecule has 1 saturated heterocycles. The van der Waals surface area contributed by atoms with Gasteiger partial charge in [0.1, 0.15) is 0 Å². The predicted octanol–water partition coefficient (Wildman–Crippen LogP) is -0.340. The number of carbonyl (C=O) groups is 1. The summed E-state index contributed by atoms with van der Waals surface area (Å²) < 4.78 is 0. The lowest BCUT2D eigenvalue weighted by atomic mass is 10.3. The van der Waals surface area contributed by atoms with Gasteiger partial charge in [0.2, 0.25) is 5.91 Å². The number of piperazine rings is 1. The minimum absolute atomic E-state index is 0. The molecule has 19 heavy (non-hydrogen) atoms. The number of hydrogen-bond acceptors (Lipinski definition) is 5. The van der Waals surface area contributed by atoms with Crippen LogP contribution in [0, 0.1) is 0 Å². The van der Waals surface area contributed by atoms with E-state index in [1.165, 1.54) is 0 Å². The Hall–Kier alpha value is -0.570. The minimum Gasteiger partial charge on any atom is -0.355 e. The SMILES string of the molecule is CC(=O)N1CCN(CCNC2=NCCN2C)CC1.I. The van der Waals surface area contributed by atoms with Crippen LogP contribution >= 0.6 is 24.0 Å². The van der Waals surface area contributed by atoms with E-state index < -0.39 is 0 Å². The summed E-state index contributed by atoms with van der Waals surface area (Å²) in [6, 6.07) is 0. The summed E-state index contributed by atoms with van der Waals surface area (Å²) in [6.45, 7) is 9.16. The van der Waals surface area contributed by atoms with Gasteiger partial charge in [-0.25, -0.2) is 0 Å². The molecule has 110 valence electrons. The zero-order valence-electron chi connectivity index (χ0n) is 11.8. The van der Waals surface area contributed by atoms with Gasteiger partial charge in [0, 0.05) is 59.8 Å². The van der Waals surface area contributed by atoms with Crippen LogP contribution in [0.2, 0.25) is 0 Å². The molecule has 0 bridgehead atoms. The summed E-state index contributed by atoms with van der Waals surface area (Å²) in [6.07, 6.45) is 0. The monoisotopic (exact) mass is 381 g/mol. The Morgan fingerprint density at radius 3 is 2.47 bits per heavy atom. The molecule has 2 aliphatic heterocycles. The zero-order chi connectivity index (χ0) is 13.0. The van der Waals surface area contributed by atoms with Crippen molar-refractivity contribution in [1.82, 2.24) is 20.0 Å². The van der Waals surface area contributed by atoms with Gasteiger partial charge in [0.05, 0.1) is 6.54 Å². The van der Waals surface area contributed by atoms with Gasteiger partial charge in [0.15, 0.2) is 5.96 Å².